The molecule has 0 aliphatic rings. The zero-order valence-corrected chi connectivity index (χ0v) is 14.4. The monoisotopic (exact) mass is 351 g/mol. The van der Waals surface area contributed by atoms with Crippen LogP contribution in [0, 0.1) is 17.0 Å². The van der Waals surface area contributed by atoms with Crippen molar-refractivity contribution in [3.8, 4) is 11.3 Å². The van der Waals surface area contributed by atoms with E-state index in [0.717, 1.165) is 5.56 Å². The Balaban J connectivity index is 1.91. The van der Waals surface area contributed by atoms with Gasteiger partial charge in [-0.15, -0.1) is 0 Å². The van der Waals surface area contributed by atoms with Crippen LogP contribution in [0.4, 0.5) is 5.69 Å². The summed E-state index contributed by atoms with van der Waals surface area (Å²) in [5, 5.41) is 15.2. The Morgan fingerprint density at radius 3 is 2.50 bits per heavy atom. The largest absolute Gasteiger partial charge is 0.360 e. The molecule has 0 aliphatic carbocycles. The van der Waals surface area contributed by atoms with Gasteiger partial charge in [0.25, 0.3) is 11.6 Å². The second kappa shape index (κ2) is 7.18. The number of aryl methyl sites for hydroxylation is 1. The molecule has 26 heavy (non-hydrogen) atoms. The summed E-state index contributed by atoms with van der Waals surface area (Å²) in [6.45, 7) is 1.78. The van der Waals surface area contributed by atoms with Gasteiger partial charge in [0.2, 0.25) is 0 Å². The van der Waals surface area contributed by atoms with Gasteiger partial charge in [-0.25, -0.2) is 0 Å². The quantitative estimate of drug-likeness (QED) is 0.515. The van der Waals surface area contributed by atoms with Crippen molar-refractivity contribution in [3.05, 3.63) is 81.6 Å². The zero-order chi connectivity index (χ0) is 18.7. The average molecular weight is 351 g/mol. The topological polar surface area (TPSA) is 89.5 Å². The molecule has 0 fully saturated rings. The van der Waals surface area contributed by atoms with Gasteiger partial charge in [-0.1, -0.05) is 53.7 Å². The first-order valence-corrected chi connectivity index (χ1v) is 7.98. The second-order valence-corrected chi connectivity index (χ2v) is 5.88. The fraction of sp³-hybridized carbons (Fsp3) is 0.158. The minimum Gasteiger partial charge on any atom is -0.360 e. The summed E-state index contributed by atoms with van der Waals surface area (Å²) in [5.41, 5.74) is 2.03. The van der Waals surface area contributed by atoms with Gasteiger partial charge in [0.15, 0.2) is 0 Å². The van der Waals surface area contributed by atoms with Crippen LogP contribution in [0.25, 0.3) is 11.3 Å². The smallest absolute Gasteiger partial charge is 0.274 e. The van der Waals surface area contributed by atoms with Crippen molar-refractivity contribution in [1.82, 2.24) is 10.1 Å². The molecule has 3 rings (SSSR count). The summed E-state index contributed by atoms with van der Waals surface area (Å²) in [7, 11) is 1.60. The van der Waals surface area contributed by atoms with E-state index in [1.54, 1.807) is 32.2 Å². The van der Waals surface area contributed by atoms with Gasteiger partial charge in [0.1, 0.15) is 17.0 Å². The van der Waals surface area contributed by atoms with Gasteiger partial charge >= 0.3 is 0 Å². The highest BCUT2D eigenvalue weighted by atomic mass is 16.6. The number of aromatic nitrogens is 1. The highest BCUT2D eigenvalue weighted by Crippen LogP contribution is 2.27. The highest BCUT2D eigenvalue weighted by molar-refractivity contribution is 6.00. The van der Waals surface area contributed by atoms with Crippen molar-refractivity contribution >= 4 is 11.6 Å². The lowest BCUT2D eigenvalue weighted by Crippen LogP contribution is -2.27. The molecule has 0 saturated carbocycles. The lowest BCUT2D eigenvalue weighted by atomic mass is 10.0. The number of para-hydroxylation sites is 1. The molecular weight excluding hydrogens is 334 g/mol. The maximum atomic E-state index is 13.0. The van der Waals surface area contributed by atoms with Crippen molar-refractivity contribution in [2.24, 2.45) is 0 Å². The first-order valence-electron chi connectivity index (χ1n) is 7.98. The number of amides is 1. The fourth-order valence-electron chi connectivity index (χ4n) is 2.76. The minimum absolute atomic E-state index is 0.0162. The summed E-state index contributed by atoms with van der Waals surface area (Å²) < 4.78 is 5.23. The number of nitro groups is 1. The van der Waals surface area contributed by atoms with Gasteiger partial charge in [0.05, 0.1) is 11.5 Å². The molecule has 1 amide bonds. The summed E-state index contributed by atoms with van der Waals surface area (Å²) in [4.78, 5) is 25.1. The summed E-state index contributed by atoms with van der Waals surface area (Å²) in [6, 6.07) is 15.6. The Hall–Kier alpha value is -3.48. The molecule has 0 spiro atoms. The lowest BCUT2D eigenvalue weighted by Gasteiger charge is -2.17. The molecule has 7 nitrogen and oxygen atoms in total. The Labute approximate surface area is 150 Å². The standard InChI is InChI=1S/C19H17N3O4/c1-13-17(18(20-26-13)14-8-4-3-5-9-14)19(23)21(2)12-15-10-6-7-11-16(15)22(24)25/h3-11H,12H2,1-2H3. The van der Waals surface area contributed by atoms with E-state index in [0.29, 0.717) is 22.6 Å². The second-order valence-electron chi connectivity index (χ2n) is 5.88. The molecule has 0 bridgehead atoms. The Bertz CT molecular complexity index is 950. The average Bonchev–Trinajstić information content (AvgIpc) is 3.03. The molecule has 1 aromatic heterocycles. The number of carbonyl (C=O) groups excluding carboxylic acids is 1. The molecule has 3 aromatic rings. The number of nitro benzene ring substituents is 1. The van der Waals surface area contributed by atoms with Crippen LogP contribution in [0.5, 0.6) is 0 Å². The van der Waals surface area contributed by atoms with E-state index in [2.05, 4.69) is 5.16 Å². The normalized spacial score (nSPS) is 10.5. The fourth-order valence-corrected chi connectivity index (χ4v) is 2.76. The van der Waals surface area contributed by atoms with Crippen LogP contribution >= 0.6 is 0 Å². The first-order chi connectivity index (χ1) is 12.5. The first kappa shape index (κ1) is 17.3. The van der Waals surface area contributed by atoms with Crippen LogP contribution in [-0.2, 0) is 6.54 Å². The Morgan fingerprint density at radius 2 is 1.81 bits per heavy atom. The van der Waals surface area contributed by atoms with E-state index < -0.39 is 4.92 Å². The van der Waals surface area contributed by atoms with Crippen LogP contribution in [0.15, 0.2) is 59.1 Å². The van der Waals surface area contributed by atoms with Gasteiger partial charge in [-0.2, -0.15) is 0 Å². The number of hydrogen-bond donors (Lipinski definition) is 0. The highest BCUT2D eigenvalue weighted by Gasteiger charge is 2.25. The predicted molar refractivity (Wildman–Crippen MR) is 95.6 cm³/mol. The van der Waals surface area contributed by atoms with E-state index in [-0.39, 0.29) is 18.1 Å². The molecule has 0 N–H and O–H groups in total. The molecule has 0 radical (unpaired) electrons. The van der Waals surface area contributed by atoms with E-state index in [4.69, 9.17) is 4.52 Å². The number of benzene rings is 2. The third-order valence-corrected chi connectivity index (χ3v) is 4.07. The van der Waals surface area contributed by atoms with Crippen molar-refractivity contribution in [2.75, 3.05) is 7.05 Å². The summed E-state index contributed by atoms with van der Waals surface area (Å²) >= 11 is 0. The van der Waals surface area contributed by atoms with Crippen LogP contribution in [-0.4, -0.2) is 27.9 Å². The number of nitrogens with zero attached hydrogens (tertiary/aromatic N) is 3. The summed E-state index contributed by atoms with van der Waals surface area (Å²) in [5.74, 6) is 0.101. The molecule has 0 aliphatic heterocycles. The molecule has 2 aromatic carbocycles. The molecule has 1 heterocycles. The maximum Gasteiger partial charge on any atom is 0.274 e. The van der Waals surface area contributed by atoms with Gasteiger partial charge in [0, 0.05) is 24.2 Å². The van der Waals surface area contributed by atoms with Crippen LogP contribution in [0.3, 0.4) is 0 Å². The third-order valence-electron chi connectivity index (χ3n) is 4.07. The third kappa shape index (κ3) is 3.32. The van der Waals surface area contributed by atoms with E-state index in [1.807, 2.05) is 30.3 Å². The molecule has 0 saturated heterocycles. The number of carbonyl (C=O) groups is 1. The zero-order valence-electron chi connectivity index (χ0n) is 14.4. The van der Waals surface area contributed by atoms with Crippen LogP contribution < -0.4 is 0 Å². The van der Waals surface area contributed by atoms with Crippen molar-refractivity contribution in [2.45, 2.75) is 13.5 Å². The van der Waals surface area contributed by atoms with Gasteiger partial charge < -0.3 is 9.42 Å². The van der Waals surface area contributed by atoms with Crippen LogP contribution in [0.1, 0.15) is 21.7 Å². The molecular formula is C19H17N3O4. The number of hydrogen-bond acceptors (Lipinski definition) is 5. The Kier molecular flexibility index (Phi) is 4.79. The lowest BCUT2D eigenvalue weighted by molar-refractivity contribution is -0.385. The molecule has 0 unspecified atom stereocenters. The Morgan fingerprint density at radius 1 is 1.15 bits per heavy atom. The van der Waals surface area contributed by atoms with E-state index >= 15 is 0 Å². The van der Waals surface area contributed by atoms with E-state index in [1.165, 1.54) is 11.0 Å². The SMILES string of the molecule is Cc1onc(-c2ccccc2)c1C(=O)N(C)Cc1ccccc1[N+](=O)[O-]. The van der Waals surface area contributed by atoms with Gasteiger partial charge in [-0.3, -0.25) is 14.9 Å². The van der Waals surface area contributed by atoms with Crippen LogP contribution in [0.2, 0.25) is 0 Å². The van der Waals surface area contributed by atoms with Gasteiger partial charge in [-0.05, 0) is 6.92 Å². The van der Waals surface area contributed by atoms with Crippen molar-refractivity contribution in [1.29, 1.82) is 0 Å². The van der Waals surface area contributed by atoms with Crippen molar-refractivity contribution < 1.29 is 14.2 Å². The summed E-state index contributed by atoms with van der Waals surface area (Å²) in [6.07, 6.45) is 0. The predicted octanol–water partition coefficient (Wildman–Crippen LogP) is 3.83. The molecule has 132 valence electrons. The maximum absolute atomic E-state index is 13.0. The minimum atomic E-state index is -0.451. The number of rotatable bonds is 5. The van der Waals surface area contributed by atoms with Crippen molar-refractivity contribution in [3.63, 3.8) is 0 Å². The van der Waals surface area contributed by atoms with E-state index in [9.17, 15) is 14.9 Å². The molecule has 0 atom stereocenters. The molecule has 7 heteroatoms.